The fourth-order valence-corrected chi connectivity index (χ4v) is 4.25. The molecule has 0 radical (unpaired) electrons. The van der Waals surface area contributed by atoms with Crippen LogP contribution >= 0.6 is 0 Å². The van der Waals surface area contributed by atoms with Crippen LogP contribution in [-0.4, -0.2) is 67.0 Å². The Kier molecular flexibility index (Phi) is 6.02. The van der Waals surface area contributed by atoms with E-state index >= 15 is 0 Å². The molecule has 0 saturated heterocycles. The first-order valence-electron chi connectivity index (χ1n) is 8.24. The van der Waals surface area contributed by atoms with Crippen LogP contribution in [0.4, 0.5) is 0 Å². The summed E-state index contributed by atoms with van der Waals surface area (Å²) < 4.78 is 23.2. The van der Waals surface area contributed by atoms with E-state index in [9.17, 15) is 18.0 Å². The highest BCUT2D eigenvalue weighted by Crippen LogP contribution is 2.33. The number of hydrogen-bond donors (Lipinski definition) is 2. The van der Waals surface area contributed by atoms with Gasteiger partial charge >= 0.3 is 5.97 Å². The summed E-state index contributed by atoms with van der Waals surface area (Å²) in [4.78, 5) is 24.7. The maximum atomic E-state index is 11.8. The van der Waals surface area contributed by atoms with Gasteiger partial charge in [0, 0.05) is 18.6 Å². The van der Waals surface area contributed by atoms with Gasteiger partial charge in [-0.2, -0.15) is 0 Å². The molecule has 0 aromatic carbocycles. The van der Waals surface area contributed by atoms with Gasteiger partial charge in [-0.25, -0.2) is 8.42 Å². The minimum atomic E-state index is -3.31. The topological polar surface area (TPSA) is 104 Å². The zero-order valence-electron chi connectivity index (χ0n) is 13.5. The van der Waals surface area contributed by atoms with Gasteiger partial charge in [-0.1, -0.05) is 6.92 Å². The zero-order valence-corrected chi connectivity index (χ0v) is 14.3. The van der Waals surface area contributed by atoms with Gasteiger partial charge in [-0.15, -0.1) is 0 Å². The minimum absolute atomic E-state index is 0.0293. The lowest BCUT2D eigenvalue weighted by molar-refractivity contribution is -0.140. The van der Waals surface area contributed by atoms with Crippen molar-refractivity contribution in [3.05, 3.63) is 0 Å². The van der Waals surface area contributed by atoms with Crippen molar-refractivity contribution in [2.24, 2.45) is 5.92 Å². The van der Waals surface area contributed by atoms with E-state index in [1.165, 1.54) is 0 Å². The lowest BCUT2D eigenvalue weighted by atomic mass is 9.85. The molecule has 0 atom stereocenters. The Labute approximate surface area is 137 Å². The number of sulfone groups is 1. The standard InChI is InChI=1S/C15H26N2O5S/c1-2-5-23(21,22)10-14(18)16-12-6-13(7-12)17(9-15(19)20)8-11-3-4-11/h11-13H,2-10H2,1H3,(H,16,18)(H,19,20). The molecule has 23 heavy (non-hydrogen) atoms. The number of carbonyl (C=O) groups excluding carboxylic acids is 1. The zero-order chi connectivity index (χ0) is 17.0. The molecule has 2 fully saturated rings. The Morgan fingerprint density at radius 1 is 1.26 bits per heavy atom. The van der Waals surface area contributed by atoms with Crippen molar-refractivity contribution in [1.82, 2.24) is 10.2 Å². The molecule has 0 unspecified atom stereocenters. The van der Waals surface area contributed by atoms with Crippen LogP contribution in [0.2, 0.25) is 0 Å². The molecule has 2 rings (SSSR count). The first kappa shape index (κ1) is 18.2. The highest BCUT2D eigenvalue weighted by Gasteiger charge is 2.37. The van der Waals surface area contributed by atoms with Crippen molar-refractivity contribution < 1.29 is 23.1 Å². The first-order chi connectivity index (χ1) is 10.8. The van der Waals surface area contributed by atoms with Crippen LogP contribution in [0.15, 0.2) is 0 Å². The van der Waals surface area contributed by atoms with E-state index < -0.39 is 27.5 Å². The summed E-state index contributed by atoms with van der Waals surface area (Å²) in [6.07, 6.45) is 4.22. The molecule has 0 bridgehead atoms. The van der Waals surface area contributed by atoms with E-state index in [0.29, 0.717) is 25.2 Å². The molecule has 0 aromatic rings. The van der Waals surface area contributed by atoms with E-state index in [-0.39, 0.29) is 24.4 Å². The molecule has 2 aliphatic carbocycles. The molecule has 0 aromatic heterocycles. The number of carboxylic acids is 1. The average molecular weight is 346 g/mol. The highest BCUT2D eigenvalue weighted by atomic mass is 32.2. The average Bonchev–Trinajstić information content (AvgIpc) is 3.15. The number of rotatable bonds is 10. The van der Waals surface area contributed by atoms with Crippen molar-refractivity contribution >= 4 is 21.7 Å². The second kappa shape index (κ2) is 7.61. The molecule has 2 N–H and O–H groups in total. The number of amides is 1. The van der Waals surface area contributed by atoms with Crippen molar-refractivity contribution in [2.45, 2.75) is 51.1 Å². The molecule has 1 amide bonds. The summed E-state index contributed by atoms with van der Waals surface area (Å²) in [7, 11) is -3.31. The molecule has 0 heterocycles. The normalized spacial score (nSPS) is 24.3. The van der Waals surface area contributed by atoms with Crippen molar-refractivity contribution in [1.29, 1.82) is 0 Å². The number of nitrogens with zero attached hydrogens (tertiary/aromatic N) is 1. The van der Waals surface area contributed by atoms with Crippen molar-refractivity contribution in [2.75, 3.05) is 24.6 Å². The Hall–Kier alpha value is -1.15. The lowest BCUT2D eigenvalue weighted by Gasteiger charge is -2.42. The summed E-state index contributed by atoms with van der Waals surface area (Å²) in [6, 6.07) is 0.129. The Morgan fingerprint density at radius 3 is 2.43 bits per heavy atom. The van der Waals surface area contributed by atoms with Gasteiger partial charge in [0.25, 0.3) is 0 Å². The SMILES string of the molecule is CCCS(=O)(=O)CC(=O)NC1CC(N(CC(=O)O)CC2CC2)C1. The minimum Gasteiger partial charge on any atom is -0.480 e. The summed E-state index contributed by atoms with van der Waals surface area (Å²) >= 11 is 0. The third-order valence-electron chi connectivity index (χ3n) is 4.39. The molecule has 132 valence electrons. The number of hydrogen-bond acceptors (Lipinski definition) is 5. The van der Waals surface area contributed by atoms with Gasteiger partial charge < -0.3 is 10.4 Å². The van der Waals surface area contributed by atoms with Crippen LogP contribution in [0.1, 0.15) is 39.0 Å². The third kappa shape index (κ3) is 6.10. The van der Waals surface area contributed by atoms with Gasteiger partial charge in [0.2, 0.25) is 5.91 Å². The maximum absolute atomic E-state index is 11.8. The Morgan fingerprint density at radius 2 is 1.91 bits per heavy atom. The number of aliphatic carboxylic acids is 1. The van der Waals surface area contributed by atoms with Crippen LogP contribution in [0.25, 0.3) is 0 Å². The first-order valence-corrected chi connectivity index (χ1v) is 10.1. The van der Waals surface area contributed by atoms with Crippen molar-refractivity contribution in [3.8, 4) is 0 Å². The summed E-state index contributed by atoms with van der Waals surface area (Å²) in [5.74, 6) is -1.09. The van der Waals surface area contributed by atoms with E-state index in [2.05, 4.69) is 5.32 Å². The van der Waals surface area contributed by atoms with E-state index in [0.717, 1.165) is 19.4 Å². The monoisotopic (exact) mass is 346 g/mol. The van der Waals surface area contributed by atoms with Gasteiger partial charge in [0.05, 0.1) is 12.3 Å². The van der Waals surface area contributed by atoms with Crippen molar-refractivity contribution in [3.63, 3.8) is 0 Å². The van der Waals surface area contributed by atoms with E-state index in [4.69, 9.17) is 5.11 Å². The highest BCUT2D eigenvalue weighted by molar-refractivity contribution is 7.92. The number of nitrogens with one attached hydrogen (secondary N) is 1. The summed E-state index contributed by atoms with van der Waals surface area (Å²) in [5.41, 5.74) is 0. The van der Waals surface area contributed by atoms with Gasteiger partial charge in [0.1, 0.15) is 5.75 Å². The number of carboxylic acid groups (broad SMARTS) is 1. The molecule has 2 saturated carbocycles. The van der Waals surface area contributed by atoms with Crippen LogP contribution in [-0.2, 0) is 19.4 Å². The lowest BCUT2D eigenvalue weighted by Crippen LogP contribution is -2.56. The largest absolute Gasteiger partial charge is 0.480 e. The van der Waals surface area contributed by atoms with Gasteiger partial charge in [-0.3, -0.25) is 14.5 Å². The molecule has 2 aliphatic rings. The van der Waals surface area contributed by atoms with Crippen LogP contribution in [0, 0.1) is 5.92 Å². The third-order valence-corrected chi connectivity index (χ3v) is 6.12. The molecule has 8 heteroatoms. The van der Waals surface area contributed by atoms with E-state index in [1.807, 2.05) is 4.90 Å². The molecule has 0 aliphatic heterocycles. The quantitative estimate of drug-likeness (QED) is 0.588. The maximum Gasteiger partial charge on any atom is 0.317 e. The fourth-order valence-electron chi connectivity index (χ4n) is 3.00. The number of carbonyl (C=O) groups is 2. The second-order valence-corrected chi connectivity index (χ2v) is 8.93. The summed E-state index contributed by atoms with van der Waals surface area (Å²) in [6.45, 7) is 2.61. The summed E-state index contributed by atoms with van der Waals surface area (Å²) in [5, 5.41) is 11.7. The smallest absolute Gasteiger partial charge is 0.317 e. The molecular weight excluding hydrogens is 320 g/mol. The molecule has 7 nitrogen and oxygen atoms in total. The molecule has 0 spiro atoms. The Bertz CT molecular complexity index is 538. The second-order valence-electron chi connectivity index (χ2n) is 6.75. The van der Waals surface area contributed by atoms with Crippen LogP contribution in [0.5, 0.6) is 0 Å². The Balaban J connectivity index is 1.74. The fraction of sp³-hybridized carbons (Fsp3) is 0.867. The van der Waals surface area contributed by atoms with E-state index in [1.54, 1.807) is 6.92 Å². The van der Waals surface area contributed by atoms with Gasteiger partial charge in [-0.05, 0) is 38.0 Å². The van der Waals surface area contributed by atoms with Crippen LogP contribution < -0.4 is 5.32 Å². The molecular formula is C15H26N2O5S. The van der Waals surface area contributed by atoms with Gasteiger partial charge in [0.15, 0.2) is 9.84 Å². The van der Waals surface area contributed by atoms with Crippen LogP contribution in [0.3, 0.4) is 0 Å². The predicted molar refractivity (Wildman–Crippen MR) is 85.8 cm³/mol. The predicted octanol–water partition coefficient (Wildman–Crippen LogP) is 0.255.